The lowest BCUT2D eigenvalue weighted by Gasteiger charge is -2.22. The summed E-state index contributed by atoms with van der Waals surface area (Å²) in [5.41, 5.74) is 4.37. The molecule has 4 nitrogen and oxygen atoms in total. The predicted molar refractivity (Wildman–Crippen MR) is 85.1 cm³/mol. The second-order valence-corrected chi connectivity index (χ2v) is 6.39. The Morgan fingerprint density at radius 1 is 1.05 bits per heavy atom. The van der Waals surface area contributed by atoms with Crippen LogP contribution in [0.2, 0.25) is 0 Å². The van der Waals surface area contributed by atoms with Crippen LogP contribution in [-0.2, 0) is 13.0 Å². The Bertz CT molecular complexity index is 577. The second-order valence-electron chi connectivity index (χ2n) is 6.39. The summed E-state index contributed by atoms with van der Waals surface area (Å²) >= 11 is 0. The van der Waals surface area contributed by atoms with Gasteiger partial charge < -0.3 is 5.32 Å². The first-order chi connectivity index (χ1) is 9.85. The number of hydrogen-bond donors (Lipinski definition) is 1. The zero-order valence-corrected chi connectivity index (χ0v) is 13.6. The van der Waals surface area contributed by atoms with Crippen LogP contribution >= 0.6 is 0 Å². The highest BCUT2D eigenvalue weighted by Crippen LogP contribution is 2.13. The van der Waals surface area contributed by atoms with Gasteiger partial charge in [0.2, 0.25) is 0 Å². The minimum absolute atomic E-state index is 0.0888. The zero-order valence-electron chi connectivity index (χ0n) is 13.6. The molecule has 2 aromatic rings. The van der Waals surface area contributed by atoms with E-state index in [9.17, 15) is 0 Å². The summed E-state index contributed by atoms with van der Waals surface area (Å²) in [6, 6.07) is 5.91. The van der Waals surface area contributed by atoms with E-state index in [0.29, 0.717) is 6.42 Å². The lowest BCUT2D eigenvalue weighted by Crippen LogP contribution is -2.35. The molecule has 0 fully saturated rings. The van der Waals surface area contributed by atoms with Crippen LogP contribution in [0.5, 0.6) is 0 Å². The SMILES string of the molecule is Cc1nc(Cc2ccccn2)nc(C)c1CNC(C)(C)C. The maximum atomic E-state index is 4.64. The van der Waals surface area contributed by atoms with E-state index < -0.39 is 0 Å². The van der Waals surface area contributed by atoms with Crippen molar-refractivity contribution in [1.29, 1.82) is 0 Å². The number of aromatic nitrogens is 3. The van der Waals surface area contributed by atoms with Gasteiger partial charge in [0.1, 0.15) is 5.82 Å². The maximum absolute atomic E-state index is 4.64. The summed E-state index contributed by atoms with van der Waals surface area (Å²) in [5.74, 6) is 0.836. The third-order valence-electron chi connectivity index (χ3n) is 3.33. The van der Waals surface area contributed by atoms with Crippen LogP contribution < -0.4 is 5.32 Å². The molecule has 2 heterocycles. The largest absolute Gasteiger partial charge is 0.308 e. The lowest BCUT2D eigenvalue weighted by molar-refractivity contribution is 0.422. The summed E-state index contributed by atoms with van der Waals surface area (Å²) in [4.78, 5) is 13.6. The average molecular weight is 284 g/mol. The molecule has 4 heteroatoms. The molecule has 112 valence electrons. The summed E-state index contributed by atoms with van der Waals surface area (Å²) in [6.07, 6.45) is 2.48. The molecule has 0 bridgehead atoms. The van der Waals surface area contributed by atoms with Crippen molar-refractivity contribution in [1.82, 2.24) is 20.3 Å². The number of pyridine rings is 1. The maximum Gasteiger partial charge on any atom is 0.134 e. The molecule has 0 aromatic carbocycles. The Balaban J connectivity index is 2.17. The van der Waals surface area contributed by atoms with Crippen molar-refractivity contribution in [3.8, 4) is 0 Å². The van der Waals surface area contributed by atoms with Crippen LogP contribution in [0.3, 0.4) is 0 Å². The van der Waals surface area contributed by atoms with Crippen molar-refractivity contribution < 1.29 is 0 Å². The van der Waals surface area contributed by atoms with Crippen LogP contribution in [-0.4, -0.2) is 20.5 Å². The van der Waals surface area contributed by atoms with Crippen molar-refractivity contribution >= 4 is 0 Å². The Morgan fingerprint density at radius 3 is 2.24 bits per heavy atom. The Kier molecular flexibility index (Phi) is 4.68. The van der Waals surface area contributed by atoms with Crippen LogP contribution in [0.15, 0.2) is 24.4 Å². The van der Waals surface area contributed by atoms with Gasteiger partial charge in [0.05, 0.1) is 6.42 Å². The van der Waals surface area contributed by atoms with Gasteiger partial charge in [-0.3, -0.25) is 4.98 Å². The molecule has 0 radical (unpaired) electrons. The highest BCUT2D eigenvalue weighted by molar-refractivity contribution is 5.25. The van der Waals surface area contributed by atoms with Crippen LogP contribution in [0, 0.1) is 13.8 Å². The first-order valence-electron chi connectivity index (χ1n) is 7.33. The average Bonchev–Trinajstić information content (AvgIpc) is 2.37. The molecular formula is C17H24N4. The highest BCUT2D eigenvalue weighted by atomic mass is 15.0. The van der Waals surface area contributed by atoms with E-state index in [0.717, 1.165) is 29.5 Å². The monoisotopic (exact) mass is 284 g/mol. The topological polar surface area (TPSA) is 50.7 Å². The molecule has 0 saturated heterocycles. The lowest BCUT2D eigenvalue weighted by atomic mass is 10.1. The summed E-state index contributed by atoms with van der Waals surface area (Å²) in [6.45, 7) is 11.4. The van der Waals surface area contributed by atoms with E-state index in [2.05, 4.69) is 54.9 Å². The number of nitrogens with one attached hydrogen (secondary N) is 1. The number of hydrogen-bond acceptors (Lipinski definition) is 4. The summed E-state index contributed by atoms with van der Waals surface area (Å²) in [7, 11) is 0. The van der Waals surface area contributed by atoms with Gasteiger partial charge in [0.25, 0.3) is 0 Å². The Morgan fingerprint density at radius 2 is 1.71 bits per heavy atom. The van der Waals surface area contributed by atoms with Crippen molar-refractivity contribution in [2.75, 3.05) is 0 Å². The first-order valence-corrected chi connectivity index (χ1v) is 7.33. The van der Waals surface area contributed by atoms with E-state index in [1.54, 1.807) is 6.20 Å². The molecule has 0 aliphatic heterocycles. The van der Waals surface area contributed by atoms with Crippen molar-refractivity contribution in [2.24, 2.45) is 0 Å². The number of nitrogens with zero attached hydrogens (tertiary/aromatic N) is 3. The fourth-order valence-corrected chi connectivity index (χ4v) is 2.16. The van der Waals surface area contributed by atoms with Crippen LogP contribution in [0.25, 0.3) is 0 Å². The van der Waals surface area contributed by atoms with E-state index in [-0.39, 0.29) is 5.54 Å². The van der Waals surface area contributed by atoms with Gasteiger partial charge in [0, 0.05) is 40.9 Å². The Hall–Kier alpha value is -1.81. The second kappa shape index (κ2) is 6.31. The quantitative estimate of drug-likeness (QED) is 0.938. The van der Waals surface area contributed by atoms with Gasteiger partial charge in [-0.15, -0.1) is 0 Å². The molecule has 0 saturated carbocycles. The van der Waals surface area contributed by atoms with Gasteiger partial charge in [-0.05, 0) is 46.8 Å². The van der Waals surface area contributed by atoms with Crippen molar-refractivity contribution in [3.05, 3.63) is 52.9 Å². The molecule has 0 unspecified atom stereocenters. The van der Waals surface area contributed by atoms with E-state index >= 15 is 0 Å². The van der Waals surface area contributed by atoms with Crippen molar-refractivity contribution in [2.45, 2.75) is 53.1 Å². The minimum Gasteiger partial charge on any atom is -0.308 e. The van der Waals surface area contributed by atoms with E-state index in [4.69, 9.17) is 0 Å². The highest BCUT2D eigenvalue weighted by Gasteiger charge is 2.13. The molecule has 21 heavy (non-hydrogen) atoms. The molecule has 0 spiro atoms. The molecule has 2 aromatic heterocycles. The minimum atomic E-state index is 0.0888. The van der Waals surface area contributed by atoms with Gasteiger partial charge in [-0.25, -0.2) is 9.97 Å². The zero-order chi connectivity index (χ0) is 15.5. The smallest absolute Gasteiger partial charge is 0.134 e. The summed E-state index contributed by atoms with van der Waals surface area (Å²) < 4.78 is 0. The molecule has 0 atom stereocenters. The van der Waals surface area contributed by atoms with E-state index in [1.807, 2.05) is 18.2 Å². The van der Waals surface area contributed by atoms with Gasteiger partial charge in [-0.2, -0.15) is 0 Å². The number of rotatable bonds is 4. The normalized spacial score (nSPS) is 11.7. The van der Waals surface area contributed by atoms with Gasteiger partial charge >= 0.3 is 0 Å². The van der Waals surface area contributed by atoms with Crippen molar-refractivity contribution in [3.63, 3.8) is 0 Å². The predicted octanol–water partition coefficient (Wildman–Crippen LogP) is 2.97. The molecular weight excluding hydrogens is 260 g/mol. The Labute approximate surface area is 127 Å². The van der Waals surface area contributed by atoms with E-state index in [1.165, 1.54) is 5.56 Å². The van der Waals surface area contributed by atoms with Gasteiger partial charge in [0.15, 0.2) is 0 Å². The standard InChI is InChI=1S/C17H24N4/c1-12-15(11-19-17(3,4)5)13(2)21-16(20-12)10-14-8-6-7-9-18-14/h6-9,19H,10-11H2,1-5H3. The summed E-state index contributed by atoms with van der Waals surface area (Å²) in [5, 5.41) is 3.50. The fraction of sp³-hybridized carbons (Fsp3) is 0.471. The van der Waals surface area contributed by atoms with Gasteiger partial charge in [-0.1, -0.05) is 6.07 Å². The molecule has 0 aliphatic rings. The third kappa shape index (κ3) is 4.60. The fourth-order valence-electron chi connectivity index (χ4n) is 2.16. The number of aryl methyl sites for hydroxylation is 2. The first kappa shape index (κ1) is 15.6. The molecule has 2 rings (SSSR count). The molecule has 0 amide bonds. The molecule has 1 N–H and O–H groups in total. The van der Waals surface area contributed by atoms with Crippen LogP contribution in [0.4, 0.5) is 0 Å². The van der Waals surface area contributed by atoms with Crippen LogP contribution in [0.1, 0.15) is 49.2 Å². The third-order valence-corrected chi connectivity index (χ3v) is 3.33. The molecule has 0 aliphatic carbocycles.